The van der Waals surface area contributed by atoms with Crippen molar-refractivity contribution in [3.8, 4) is 0 Å². The molecule has 1 aromatic carbocycles. The van der Waals surface area contributed by atoms with E-state index in [9.17, 15) is 9.18 Å². The number of rotatable bonds is 2. The molecular formula is C9H7BrFNO. The van der Waals surface area contributed by atoms with E-state index < -0.39 is 5.79 Å². The maximum atomic E-state index is 13.5. The Morgan fingerprint density at radius 2 is 2.00 bits per heavy atom. The molecule has 0 bridgehead atoms. The minimum absolute atomic E-state index is 0.332. The molecule has 4 heteroatoms. The largest absolute Gasteiger partial charge is 0.238 e. The molecule has 0 spiro atoms. The standard InChI is InChI=1S/C9H7BrFNO/c1-9(11,12-6-13)7-2-4-8(10)5-3-7/h2-5H,1H3. The lowest BCUT2D eigenvalue weighted by Gasteiger charge is -2.12. The maximum Gasteiger partial charge on any atom is 0.238 e. The zero-order valence-corrected chi connectivity index (χ0v) is 8.51. The molecule has 0 heterocycles. The lowest BCUT2D eigenvalue weighted by atomic mass is 10.1. The number of hydrogen-bond acceptors (Lipinski definition) is 2. The van der Waals surface area contributed by atoms with Gasteiger partial charge in [0.05, 0.1) is 0 Å². The van der Waals surface area contributed by atoms with Crippen LogP contribution in [-0.2, 0) is 10.6 Å². The second kappa shape index (κ2) is 3.81. The Bertz CT molecular complexity index is 341. The molecule has 0 aliphatic heterocycles. The van der Waals surface area contributed by atoms with Crippen molar-refractivity contribution in [2.45, 2.75) is 12.7 Å². The summed E-state index contributed by atoms with van der Waals surface area (Å²) in [5.74, 6) is -1.98. The minimum atomic E-state index is -1.98. The van der Waals surface area contributed by atoms with Crippen LogP contribution in [0, 0.1) is 0 Å². The van der Waals surface area contributed by atoms with Gasteiger partial charge in [-0.15, -0.1) is 0 Å². The predicted molar refractivity (Wildman–Crippen MR) is 50.7 cm³/mol. The lowest BCUT2D eigenvalue weighted by molar-refractivity contribution is 0.206. The van der Waals surface area contributed by atoms with Gasteiger partial charge in [-0.2, -0.15) is 4.99 Å². The Hall–Kier alpha value is -0.990. The third-order valence-electron chi connectivity index (χ3n) is 1.63. The molecule has 1 rings (SSSR count). The van der Waals surface area contributed by atoms with Crippen molar-refractivity contribution >= 4 is 22.0 Å². The van der Waals surface area contributed by atoms with E-state index in [-0.39, 0.29) is 0 Å². The third-order valence-corrected chi connectivity index (χ3v) is 2.16. The number of alkyl halides is 1. The van der Waals surface area contributed by atoms with Crippen molar-refractivity contribution in [1.82, 2.24) is 0 Å². The van der Waals surface area contributed by atoms with Crippen LogP contribution in [0.15, 0.2) is 33.7 Å². The van der Waals surface area contributed by atoms with Gasteiger partial charge in [-0.3, -0.25) is 0 Å². The van der Waals surface area contributed by atoms with Gasteiger partial charge in [-0.1, -0.05) is 28.1 Å². The topological polar surface area (TPSA) is 29.4 Å². The van der Waals surface area contributed by atoms with Crippen molar-refractivity contribution in [1.29, 1.82) is 0 Å². The van der Waals surface area contributed by atoms with E-state index >= 15 is 0 Å². The van der Waals surface area contributed by atoms with Crippen LogP contribution in [0.3, 0.4) is 0 Å². The smallest absolute Gasteiger partial charge is 0.212 e. The molecule has 0 aliphatic rings. The number of carbonyl (C=O) groups excluding carboxylic acids is 1. The van der Waals surface area contributed by atoms with Crippen LogP contribution < -0.4 is 0 Å². The van der Waals surface area contributed by atoms with E-state index in [1.165, 1.54) is 13.0 Å². The van der Waals surface area contributed by atoms with Crippen LogP contribution in [0.4, 0.5) is 4.39 Å². The summed E-state index contributed by atoms with van der Waals surface area (Å²) in [7, 11) is 0. The first-order chi connectivity index (χ1) is 6.06. The molecule has 0 fully saturated rings. The fourth-order valence-electron chi connectivity index (χ4n) is 0.904. The maximum absolute atomic E-state index is 13.5. The Kier molecular flexibility index (Phi) is 2.96. The molecule has 0 N–H and O–H groups in total. The zero-order chi connectivity index (χ0) is 9.90. The molecular weight excluding hydrogens is 237 g/mol. The van der Waals surface area contributed by atoms with Gasteiger partial charge in [0.2, 0.25) is 11.9 Å². The van der Waals surface area contributed by atoms with Crippen molar-refractivity contribution in [2.75, 3.05) is 0 Å². The summed E-state index contributed by atoms with van der Waals surface area (Å²) in [4.78, 5) is 13.0. The zero-order valence-electron chi connectivity index (χ0n) is 6.92. The van der Waals surface area contributed by atoms with Crippen LogP contribution in [0.5, 0.6) is 0 Å². The first-order valence-corrected chi connectivity index (χ1v) is 4.39. The van der Waals surface area contributed by atoms with Crippen molar-refractivity contribution in [3.63, 3.8) is 0 Å². The molecule has 1 unspecified atom stereocenters. The summed E-state index contributed by atoms with van der Waals surface area (Å²) in [5, 5.41) is 0. The lowest BCUT2D eigenvalue weighted by Crippen LogP contribution is -2.10. The van der Waals surface area contributed by atoms with Crippen LogP contribution in [-0.4, -0.2) is 6.08 Å². The van der Waals surface area contributed by atoms with Crippen molar-refractivity contribution < 1.29 is 9.18 Å². The molecule has 0 aliphatic carbocycles. The Morgan fingerprint density at radius 3 is 2.46 bits per heavy atom. The SMILES string of the molecule is CC(F)(N=C=O)c1ccc(Br)cc1. The van der Waals surface area contributed by atoms with Crippen LogP contribution in [0.1, 0.15) is 12.5 Å². The number of aliphatic imine (C=N–C) groups is 1. The Balaban J connectivity index is 3.07. The third kappa shape index (κ3) is 2.47. The van der Waals surface area contributed by atoms with Gasteiger partial charge < -0.3 is 0 Å². The summed E-state index contributed by atoms with van der Waals surface area (Å²) in [6, 6.07) is 6.50. The average molecular weight is 244 g/mol. The van der Waals surface area contributed by atoms with Gasteiger partial charge in [0.15, 0.2) is 0 Å². The Morgan fingerprint density at radius 1 is 1.46 bits per heavy atom. The molecule has 0 saturated carbocycles. The van der Waals surface area contributed by atoms with Gasteiger partial charge in [0, 0.05) is 10.0 Å². The summed E-state index contributed by atoms with van der Waals surface area (Å²) < 4.78 is 14.4. The van der Waals surface area contributed by atoms with Gasteiger partial charge in [-0.25, -0.2) is 9.18 Å². The van der Waals surface area contributed by atoms with Gasteiger partial charge in [-0.05, 0) is 19.1 Å². The van der Waals surface area contributed by atoms with Crippen LogP contribution >= 0.6 is 15.9 Å². The predicted octanol–water partition coefficient (Wildman–Crippen LogP) is 2.93. The number of benzene rings is 1. The van der Waals surface area contributed by atoms with Gasteiger partial charge in [0.25, 0.3) is 0 Å². The molecule has 2 nitrogen and oxygen atoms in total. The number of halogens is 2. The number of hydrogen-bond donors (Lipinski definition) is 0. The van der Waals surface area contributed by atoms with Gasteiger partial charge >= 0.3 is 0 Å². The highest BCUT2D eigenvalue weighted by Crippen LogP contribution is 2.27. The average Bonchev–Trinajstić information content (AvgIpc) is 2.05. The fourth-order valence-corrected chi connectivity index (χ4v) is 1.17. The van der Waals surface area contributed by atoms with Crippen molar-refractivity contribution in [3.05, 3.63) is 34.3 Å². The van der Waals surface area contributed by atoms with Crippen LogP contribution in [0.2, 0.25) is 0 Å². The van der Waals surface area contributed by atoms with E-state index in [1.54, 1.807) is 24.3 Å². The highest BCUT2D eigenvalue weighted by atomic mass is 79.9. The number of nitrogens with zero attached hydrogens (tertiary/aromatic N) is 1. The summed E-state index contributed by atoms with van der Waals surface area (Å²) in [6.45, 7) is 1.21. The first-order valence-electron chi connectivity index (χ1n) is 3.60. The van der Waals surface area contributed by atoms with Gasteiger partial charge in [0.1, 0.15) is 0 Å². The summed E-state index contributed by atoms with van der Waals surface area (Å²) >= 11 is 3.22. The summed E-state index contributed by atoms with van der Waals surface area (Å²) in [6.07, 6.45) is 1.21. The first kappa shape index (κ1) is 10.1. The van der Waals surface area contributed by atoms with E-state index in [0.29, 0.717) is 5.56 Å². The molecule has 0 radical (unpaired) electrons. The van der Waals surface area contributed by atoms with E-state index in [2.05, 4.69) is 20.9 Å². The second-order valence-electron chi connectivity index (χ2n) is 2.66. The molecule has 0 saturated heterocycles. The quantitative estimate of drug-likeness (QED) is 0.446. The van der Waals surface area contributed by atoms with Crippen molar-refractivity contribution in [2.24, 2.45) is 4.99 Å². The normalized spacial score (nSPS) is 14.4. The Labute approximate surface area is 83.6 Å². The molecule has 0 amide bonds. The molecule has 0 aromatic heterocycles. The molecule has 68 valence electrons. The molecule has 1 aromatic rings. The van der Waals surface area contributed by atoms with E-state index in [4.69, 9.17) is 0 Å². The van der Waals surface area contributed by atoms with Crippen LogP contribution in [0.25, 0.3) is 0 Å². The highest BCUT2D eigenvalue weighted by Gasteiger charge is 2.24. The second-order valence-corrected chi connectivity index (χ2v) is 3.58. The summed E-state index contributed by atoms with van der Waals surface area (Å²) in [5.41, 5.74) is 0.332. The highest BCUT2D eigenvalue weighted by molar-refractivity contribution is 9.10. The monoisotopic (exact) mass is 243 g/mol. The minimum Gasteiger partial charge on any atom is -0.212 e. The molecule has 13 heavy (non-hydrogen) atoms. The molecule has 1 atom stereocenters. The van der Waals surface area contributed by atoms with E-state index in [0.717, 1.165) is 4.47 Å². The number of isocyanates is 1. The fraction of sp³-hybridized carbons (Fsp3) is 0.222. The van der Waals surface area contributed by atoms with E-state index in [1.807, 2.05) is 0 Å².